The molecule has 0 heterocycles. The Balaban J connectivity index is 1.57. The summed E-state index contributed by atoms with van der Waals surface area (Å²) in [6.07, 6.45) is 1.60. The molecule has 2 amide bonds. The van der Waals surface area contributed by atoms with Crippen LogP contribution in [0, 0.1) is 13.8 Å². The first kappa shape index (κ1) is 21.9. The number of carbonyl (C=O) groups is 1. The molecule has 5 nitrogen and oxygen atoms in total. The number of rotatable bonds is 6. The minimum atomic E-state index is -0.412. The number of halogens is 2. The molecule has 7 heteroatoms. The standard InChI is InChI=1S/C23H21BrClN3O2/c1-15-11-18(13-26-28-23(29)27-21-9-5-19(24)6-10-21)12-16(2)22(15)30-14-17-3-7-20(25)8-4-17/h3-13H,14H2,1-2H3,(H2,27,28,29)/b26-13-. The summed E-state index contributed by atoms with van der Waals surface area (Å²) in [5, 5.41) is 7.43. The first-order chi connectivity index (χ1) is 14.4. The van der Waals surface area contributed by atoms with Gasteiger partial charge in [-0.15, -0.1) is 0 Å². The third kappa shape index (κ3) is 6.34. The van der Waals surface area contributed by atoms with Gasteiger partial charge in [-0.25, -0.2) is 10.2 Å². The average Bonchev–Trinajstić information content (AvgIpc) is 2.70. The zero-order chi connectivity index (χ0) is 21.5. The van der Waals surface area contributed by atoms with Crippen molar-refractivity contribution in [3.8, 4) is 5.75 Å². The molecule has 0 saturated heterocycles. The van der Waals surface area contributed by atoms with E-state index in [4.69, 9.17) is 16.3 Å². The highest BCUT2D eigenvalue weighted by Crippen LogP contribution is 2.25. The number of nitrogens with one attached hydrogen (secondary N) is 2. The highest BCUT2D eigenvalue weighted by atomic mass is 79.9. The van der Waals surface area contributed by atoms with Gasteiger partial charge in [0.2, 0.25) is 0 Å². The van der Waals surface area contributed by atoms with E-state index >= 15 is 0 Å². The molecule has 0 spiro atoms. The highest BCUT2D eigenvalue weighted by molar-refractivity contribution is 9.10. The Kier molecular flexibility index (Phi) is 7.49. The molecule has 2 N–H and O–H groups in total. The second kappa shape index (κ2) is 10.3. The summed E-state index contributed by atoms with van der Waals surface area (Å²) in [6, 6.07) is 18.4. The van der Waals surface area contributed by atoms with Gasteiger partial charge in [-0.2, -0.15) is 5.10 Å². The van der Waals surface area contributed by atoms with Gasteiger partial charge in [-0.1, -0.05) is 39.7 Å². The van der Waals surface area contributed by atoms with Crippen molar-refractivity contribution < 1.29 is 9.53 Å². The third-order valence-corrected chi connectivity index (χ3v) is 5.04. The van der Waals surface area contributed by atoms with Crippen LogP contribution in [0.2, 0.25) is 5.02 Å². The molecule has 0 radical (unpaired) electrons. The number of carbonyl (C=O) groups excluding carboxylic acids is 1. The van der Waals surface area contributed by atoms with Crippen LogP contribution < -0.4 is 15.5 Å². The lowest BCUT2D eigenvalue weighted by Gasteiger charge is -2.13. The van der Waals surface area contributed by atoms with Crippen LogP contribution in [-0.4, -0.2) is 12.2 Å². The number of hydrazone groups is 1. The first-order valence-electron chi connectivity index (χ1n) is 9.25. The number of ether oxygens (including phenoxy) is 1. The van der Waals surface area contributed by atoms with Gasteiger partial charge in [0.05, 0.1) is 6.21 Å². The molecule has 3 rings (SSSR count). The van der Waals surface area contributed by atoms with Crippen LogP contribution in [0.15, 0.2) is 70.2 Å². The molecular weight excluding hydrogens is 466 g/mol. The van der Waals surface area contributed by atoms with E-state index in [9.17, 15) is 4.79 Å². The van der Waals surface area contributed by atoms with Gasteiger partial charge in [0.1, 0.15) is 12.4 Å². The molecule has 0 aliphatic carbocycles. The van der Waals surface area contributed by atoms with Crippen molar-refractivity contribution in [3.63, 3.8) is 0 Å². The second-order valence-electron chi connectivity index (χ2n) is 6.73. The van der Waals surface area contributed by atoms with E-state index in [1.54, 1.807) is 18.3 Å². The molecule has 0 fully saturated rings. The first-order valence-corrected chi connectivity index (χ1v) is 10.4. The Morgan fingerprint density at radius 3 is 2.33 bits per heavy atom. The molecule has 154 valence electrons. The molecule has 0 bridgehead atoms. The van der Waals surface area contributed by atoms with Gasteiger partial charge in [-0.05, 0) is 84.6 Å². The minimum Gasteiger partial charge on any atom is -0.488 e. The van der Waals surface area contributed by atoms with Crippen LogP contribution in [0.25, 0.3) is 0 Å². The maximum atomic E-state index is 11.9. The van der Waals surface area contributed by atoms with Crippen LogP contribution >= 0.6 is 27.5 Å². The maximum absolute atomic E-state index is 11.9. The van der Waals surface area contributed by atoms with Crippen molar-refractivity contribution in [1.29, 1.82) is 0 Å². The van der Waals surface area contributed by atoms with Crippen LogP contribution in [0.3, 0.4) is 0 Å². The fourth-order valence-corrected chi connectivity index (χ4v) is 3.27. The van der Waals surface area contributed by atoms with E-state index in [0.29, 0.717) is 17.3 Å². The van der Waals surface area contributed by atoms with Crippen molar-refractivity contribution in [1.82, 2.24) is 5.43 Å². The van der Waals surface area contributed by atoms with Gasteiger partial charge >= 0.3 is 6.03 Å². The normalized spacial score (nSPS) is 10.8. The monoisotopic (exact) mass is 485 g/mol. The summed E-state index contributed by atoms with van der Waals surface area (Å²) in [7, 11) is 0. The lowest BCUT2D eigenvalue weighted by Crippen LogP contribution is -2.24. The van der Waals surface area contributed by atoms with Crippen LogP contribution in [-0.2, 0) is 6.61 Å². The summed E-state index contributed by atoms with van der Waals surface area (Å²) in [5.74, 6) is 0.836. The fourth-order valence-electron chi connectivity index (χ4n) is 2.88. The number of amides is 2. The third-order valence-electron chi connectivity index (χ3n) is 4.26. The number of benzene rings is 3. The molecule has 0 aliphatic rings. The molecule has 0 atom stereocenters. The van der Waals surface area contributed by atoms with Gasteiger partial charge < -0.3 is 10.1 Å². The minimum absolute atomic E-state index is 0.412. The highest BCUT2D eigenvalue weighted by Gasteiger charge is 2.07. The number of hydrogen-bond acceptors (Lipinski definition) is 3. The number of anilines is 1. The molecule has 30 heavy (non-hydrogen) atoms. The van der Waals surface area contributed by atoms with E-state index in [-0.39, 0.29) is 0 Å². The Morgan fingerprint density at radius 1 is 1.07 bits per heavy atom. The zero-order valence-corrected chi connectivity index (χ0v) is 18.9. The number of aryl methyl sites for hydroxylation is 2. The van der Waals surface area contributed by atoms with Crippen molar-refractivity contribution in [2.45, 2.75) is 20.5 Å². The average molecular weight is 487 g/mol. The summed E-state index contributed by atoms with van der Waals surface area (Å²) in [6.45, 7) is 4.43. The summed E-state index contributed by atoms with van der Waals surface area (Å²) in [4.78, 5) is 11.9. The Morgan fingerprint density at radius 2 is 1.70 bits per heavy atom. The predicted molar refractivity (Wildman–Crippen MR) is 126 cm³/mol. The van der Waals surface area contributed by atoms with Gasteiger partial charge in [0.25, 0.3) is 0 Å². The molecule has 0 saturated carbocycles. The van der Waals surface area contributed by atoms with E-state index < -0.39 is 6.03 Å². The van der Waals surface area contributed by atoms with Gasteiger partial charge in [-0.3, -0.25) is 0 Å². The van der Waals surface area contributed by atoms with Gasteiger partial charge in [0.15, 0.2) is 0 Å². The van der Waals surface area contributed by atoms with Crippen LogP contribution in [0.5, 0.6) is 5.75 Å². The quantitative estimate of drug-likeness (QED) is 0.310. The van der Waals surface area contributed by atoms with E-state index in [0.717, 1.165) is 32.5 Å². The summed E-state index contributed by atoms with van der Waals surface area (Å²) in [5.41, 5.74) is 7.04. The van der Waals surface area contributed by atoms with E-state index in [1.807, 2.05) is 62.4 Å². The molecule has 3 aromatic carbocycles. The fraction of sp³-hybridized carbons (Fsp3) is 0.130. The van der Waals surface area contributed by atoms with E-state index in [2.05, 4.69) is 31.8 Å². The van der Waals surface area contributed by atoms with Gasteiger partial charge in [0, 0.05) is 15.2 Å². The topological polar surface area (TPSA) is 62.7 Å². The summed E-state index contributed by atoms with van der Waals surface area (Å²) >= 11 is 9.27. The second-order valence-corrected chi connectivity index (χ2v) is 8.08. The maximum Gasteiger partial charge on any atom is 0.339 e. The lowest BCUT2D eigenvalue weighted by atomic mass is 10.1. The predicted octanol–water partition coefficient (Wildman–Crippen LogP) is 6.45. The zero-order valence-electron chi connectivity index (χ0n) is 16.6. The summed E-state index contributed by atoms with van der Waals surface area (Å²) < 4.78 is 6.94. The molecular formula is C23H21BrClN3O2. The number of urea groups is 1. The van der Waals surface area contributed by atoms with E-state index in [1.165, 1.54) is 0 Å². The van der Waals surface area contributed by atoms with Crippen molar-refractivity contribution in [3.05, 3.63) is 92.4 Å². The van der Waals surface area contributed by atoms with Crippen molar-refractivity contribution >= 4 is 45.5 Å². The largest absolute Gasteiger partial charge is 0.488 e. The lowest BCUT2D eigenvalue weighted by molar-refractivity contribution is 0.252. The Bertz CT molecular complexity index is 1030. The molecule has 0 unspecified atom stereocenters. The Labute approximate surface area is 189 Å². The number of nitrogens with zero attached hydrogens (tertiary/aromatic N) is 1. The molecule has 0 aromatic heterocycles. The van der Waals surface area contributed by atoms with Crippen LogP contribution in [0.1, 0.15) is 22.3 Å². The van der Waals surface area contributed by atoms with Crippen molar-refractivity contribution in [2.75, 3.05) is 5.32 Å². The van der Waals surface area contributed by atoms with Crippen molar-refractivity contribution in [2.24, 2.45) is 5.10 Å². The molecule has 3 aromatic rings. The van der Waals surface area contributed by atoms with Crippen LogP contribution in [0.4, 0.5) is 10.5 Å². The SMILES string of the molecule is Cc1cc(/C=N\NC(=O)Nc2ccc(Br)cc2)cc(C)c1OCc1ccc(Cl)cc1. The molecule has 0 aliphatic heterocycles. The number of hydrogen-bond donors (Lipinski definition) is 2. The smallest absolute Gasteiger partial charge is 0.339 e. The Hall–Kier alpha value is -2.83.